The molecule has 0 heteroatoms. The Morgan fingerprint density at radius 1 is 1.44 bits per heavy atom. The first-order valence-electron chi connectivity index (χ1n) is 4.11. The van der Waals surface area contributed by atoms with Crippen LogP contribution in [-0.2, 0) is 0 Å². The molecule has 0 aromatic rings. The van der Waals surface area contributed by atoms with Gasteiger partial charge in [-0.05, 0) is 0 Å². The van der Waals surface area contributed by atoms with Crippen LogP contribution in [0.3, 0.4) is 0 Å². The first kappa shape index (κ1) is 7.11. The van der Waals surface area contributed by atoms with E-state index in [9.17, 15) is 0 Å². The molecule has 1 aliphatic rings. The van der Waals surface area contributed by atoms with Crippen molar-refractivity contribution in [2.45, 2.75) is 46.0 Å². The van der Waals surface area contributed by atoms with Gasteiger partial charge in [-0.1, -0.05) is 39.5 Å². The number of hydrogen-bond donors (Lipinski definition) is 0. The highest BCUT2D eigenvalue weighted by molar-refractivity contribution is 5.06. The second kappa shape index (κ2) is 2.72. The van der Waals surface area contributed by atoms with Crippen LogP contribution >= 0.6 is 0 Å². The summed E-state index contributed by atoms with van der Waals surface area (Å²) in [5.74, 6) is 0. The molecule has 0 aromatic carbocycles. The van der Waals surface area contributed by atoms with Gasteiger partial charge in [0.25, 0.3) is 0 Å². The summed E-state index contributed by atoms with van der Waals surface area (Å²) in [5.41, 5.74) is 0.676. The Balaban J connectivity index is 1.92. The molecule has 0 N–H and O–H groups in total. The van der Waals surface area contributed by atoms with E-state index in [2.05, 4.69) is 20.3 Å². The molecule has 1 saturated carbocycles. The molecule has 0 bridgehead atoms. The smallest absolute Gasteiger partial charge is 0.0536 e. The first-order valence-corrected chi connectivity index (χ1v) is 4.11. The SMILES string of the molecule is CCCCCC1(C)[CH-]C1. The zero-order valence-electron chi connectivity index (χ0n) is 6.61. The highest BCUT2D eigenvalue weighted by atomic mass is 14.4. The molecule has 1 fully saturated rings. The Hall–Kier alpha value is 0. The molecule has 0 aliphatic heterocycles. The largest absolute Gasteiger partial charge is 0.327 e. The molecule has 9 heavy (non-hydrogen) atoms. The van der Waals surface area contributed by atoms with Crippen LogP contribution in [0.25, 0.3) is 0 Å². The van der Waals surface area contributed by atoms with Crippen molar-refractivity contribution in [3.05, 3.63) is 6.42 Å². The highest BCUT2D eigenvalue weighted by Gasteiger charge is 2.21. The van der Waals surface area contributed by atoms with Crippen molar-refractivity contribution in [1.29, 1.82) is 0 Å². The average Bonchev–Trinajstić information content (AvgIpc) is 2.50. The Bertz CT molecular complexity index is 80.0. The first-order chi connectivity index (χ1) is 4.27. The monoisotopic (exact) mass is 125 g/mol. The summed E-state index contributed by atoms with van der Waals surface area (Å²) in [7, 11) is 0. The summed E-state index contributed by atoms with van der Waals surface area (Å²) in [5, 5.41) is 0. The van der Waals surface area contributed by atoms with Crippen molar-refractivity contribution in [3.63, 3.8) is 0 Å². The van der Waals surface area contributed by atoms with E-state index in [0.717, 1.165) is 0 Å². The number of rotatable bonds is 4. The van der Waals surface area contributed by atoms with E-state index in [0.29, 0.717) is 5.41 Å². The van der Waals surface area contributed by atoms with Gasteiger partial charge in [0, 0.05) is 0 Å². The van der Waals surface area contributed by atoms with Crippen LogP contribution in [-0.4, -0.2) is 0 Å². The lowest BCUT2D eigenvalue weighted by molar-refractivity contribution is 0.499. The quantitative estimate of drug-likeness (QED) is 0.400. The molecule has 0 amide bonds. The Labute approximate surface area is 58.7 Å². The van der Waals surface area contributed by atoms with E-state index in [1.165, 1.54) is 32.1 Å². The molecular weight excluding hydrogens is 108 g/mol. The molecule has 1 rings (SSSR count). The lowest BCUT2D eigenvalue weighted by Crippen LogP contribution is -1.91. The molecule has 0 radical (unpaired) electrons. The van der Waals surface area contributed by atoms with Crippen LogP contribution in [0.15, 0.2) is 0 Å². The van der Waals surface area contributed by atoms with Gasteiger partial charge in [0.1, 0.15) is 0 Å². The van der Waals surface area contributed by atoms with Gasteiger partial charge < -0.3 is 6.42 Å². The van der Waals surface area contributed by atoms with E-state index in [1.54, 1.807) is 0 Å². The molecule has 0 heterocycles. The summed E-state index contributed by atoms with van der Waals surface area (Å²) in [6, 6.07) is 0. The third-order valence-electron chi connectivity index (χ3n) is 2.25. The maximum Gasteiger partial charge on any atom is -0.0536 e. The summed E-state index contributed by atoms with van der Waals surface area (Å²) in [4.78, 5) is 0. The van der Waals surface area contributed by atoms with Gasteiger partial charge in [-0.2, -0.15) is 5.41 Å². The second-order valence-corrected chi connectivity index (χ2v) is 3.52. The molecule has 0 spiro atoms. The van der Waals surface area contributed by atoms with Gasteiger partial charge in [-0.15, -0.1) is 0 Å². The summed E-state index contributed by atoms with van der Waals surface area (Å²) in [6.07, 6.45) is 9.45. The second-order valence-electron chi connectivity index (χ2n) is 3.52. The van der Waals surface area contributed by atoms with Gasteiger partial charge >= 0.3 is 0 Å². The zero-order valence-corrected chi connectivity index (χ0v) is 6.61. The molecular formula is C9H17-. The average molecular weight is 125 g/mol. The van der Waals surface area contributed by atoms with Crippen molar-refractivity contribution < 1.29 is 0 Å². The minimum Gasteiger partial charge on any atom is -0.327 e. The van der Waals surface area contributed by atoms with Gasteiger partial charge in [-0.3, -0.25) is 0 Å². The zero-order chi connectivity index (χ0) is 6.74. The maximum absolute atomic E-state index is 2.43. The molecule has 1 atom stereocenters. The van der Waals surface area contributed by atoms with E-state index < -0.39 is 0 Å². The minimum atomic E-state index is 0.676. The van der Waals surface area contributed by atoms with E-state index in [-0.39, 0.29) is 0 Å². The predicted molar refractivity (Wildman–Crippen MR) is 41.2 cm³/mol. The van der Waals surface area contributed by atoms with Gasteiger partial charge in [0.2, 0.25) is 0 Å². The molecule has 1 aliphatic carbocycles. The Kier molecular flexibility index (Phi) is 2.15. The number of unbranched alkanes of at least 4 members (excludes halogenated alkanes) is 2. The molecule has 1 unspecified atom stereocenters. The van der Waals surface area contributed by atoms with Gasteiger partial charge in [-0.25, -0.2) is 6.42 Å². The van der Waals surface area contributed by atoms with E-state index >= 15 is 0 Å². The van der Waals surface area contributed by atoms with Crippen molar-refractivity contribution in [3.8, 4) is 0 Å². The molecule has 0 aromatic heterocycles. The third-order valence-corrected chi connectivity index (χ3v) is 2.25. The lowest BCUT2D eigenvalue weighted by Gasteiger charge is -2.13. The van der Waals surface area contributed by atoms with Crippen LogP contribution in [0.5, 0.6) is 0 Å². The summed E-state index contributed by atoms with van der Waals surface area (Å²) < 4.78 is 0. The van der Waals surface area contributed by atoms with Crippen molar-refractivity contribution in [2.24, 2.45) is 5.41 Å². The summed E-state index contributed by atoms with van der Waals surface area (Å²) in [6.45, 7) is 4.63. The highest BCUT2D eigenvalue weighted by Crippen LogP contribution is 2.47. The van der Waals surface area contributed by atoms with Gasteiger partial charge in [0.05, 0.1) is 0 Å². The van der Waals surface area contributed by atoms with E-state index in [1.807, 2.05) is 0 Å². The summed E-state index contributed by atoms with van der Waals surface area (Å²) >= 11 is 0. The van der Waals surface area contributed by atoms with Gasteiger partial charge in [0.15, 0.2) is 0 Å². The lowest BCUT2D eigenvalue weighted by atomic mass is 10.0. The fourth-order valence-corrected chi connectivity index (χ4v) is 1.16. The van der Waals surface area contributed by atoms with Crippen LogP contribution in [0.1, 0.15) is 46.0 Å². The van der Waals surface area contributed by atoms with E-state index in [4.69, 9.17) is 0 Å². The fraction of sp³-hybridized carbons (Fsp3) is 0.889. The third kappa shape index (κ3) is 2.38. The predicted octanol–water partition coefficient (Wildman–Crippen LogP) is 3.18. The Morgan fingerprint density at radius 2 is 2.11 bits per heavy atom. The van der Waals surface area contributed by atoms with Crippen molar-refractivity contribution in [1.82, 2.24) is 0 Å². The minimum absolute atomic E-state index is 0.676. The number of hydrogen-bond acceptors (Lipinski definition) is 0. The fourth-order valence-electron chi connectivity index (χ4n) is 1.16. The maximum atomic E-state index is 2.43. The molecule has 54 valence electrons. The normalized spacial score (nSPS) is 32.7. The van der Waals surface area contributed by atoms with Crippen LogP contribution in [0, 0.1) is 11.8 Å². The van der Waals surface area contributed by atoms with Crippen molar-refractivity contribution in [2.75, 3.05) is 0 Å². The van der Waals surface area contributed by atoms with Crippen LogP contribution < -0.4 is 0 Å². The van der Waals surface area contributed by atoms with Crippen LogP contribution in [0.2, 0.25) is 0 Å². The van der Waals surface area contributed by atoms with Crippen LogP contribution in [0.4, 0.5) is 0 Å². The molecule has 0 nitrogen and oxygen atoms in total. The topological polar surface area (TPSA) is 0 Å². The Morgan fingerprint density at radius 3 is 2.56 bits per heavy atom. The standard InChI is InChI=1S/C9H17/c1-3-4-5-6-9(2)7-8-9/h7H,3-6,8H2,1-2H3/q-1. The van der Waals surface area contributed by atoms with Crippen molar-refractivity contribution >= 4 is 0 Å². The molecule has 0 saturated heterocycles.